The van der Waals surface area contributed by atoms with Crippen molar-refractivity contribution in [1.82, 2.24) is 14.7 Å². The molecule has 0 aliphatic carbocycles. The maximum atomic E-state index is 11.8. The second kappa shape index (κ2) is 8.03. The molecule has 0 atom stereocenters. The van der Waals surface area contributed by atoms with Crippen molar-refractivity contribution in [2.75, 3.05) is 46.8 Å². The molecule has 23 heavy (non-hydrogen) atoms. The fraction of sp³-hybridized carbons (Fsp3) is 0.562. The van der Waals surface area contributed by atoms with E-state index >= 15 is 0 Å². The molecule has 126 valence electrons. The van der Waals surface area contributed by atoms with Gasteiger partial charge in [0.05, 0.1) is 11.5 Å². The summed E-state index contributed by atoms with van der Waals surface area (Å²) in [6, 6.07) is 6.73. The molecule has 1 heterocycles. The number of nitro benzene ring substituents is 1. The molecule has 0 spiro atoms. The summed E-state index contributed by atoms with van der Waals surface area (Å²) < 4.78 is 0. The highest BCUT2D eigenvalue weighted by atomic mass is 16.6. The van der Waals surface area contributed by atoms with E-state index in [2.05, 4.69) is 9.80 Å². The van der Waals surface area contributed by atoms with Crippen molar-refractivity contribution in [2.24, 2.45) is 0 Å². The van der Waals surface area contributed by atoms with Crippen molar-refractivity contribution >= 4 is 11.6 Å². The van der Waals surface area contributed by atoms with Crippen LogP contribution in [-0.4, -0.2) is 72.3 Å². The molecule has 1 aromatic carbocycles. The molecule has 0 unspecified atom stereocenters. The van der Waals surface area contributed by atoms with Gasteiger partial charge in [-0.15, -0.1) is 0 Å². The first-order valence-electron chi connectivity index (χ1n) is 7.84. The monoisotopic (exact) mass is 320 g/mol. The predicted molar refractivity (Wildman–Crippen MR) is 88.1 cm³/mol. The van der Waals surface area contributed by atoms with Crippen LogP contribution in [0.15, 0.2) is 24.3 Å². The summed E-state index contributed by atoms with van der Waals surface area (Å²) in [4.78, 5) is 28.2. The SMILES string of the molecule is CN(C)C(=O)CN1CCCN(Cc2ccc([N+](=O)[O-])cc2)CC1. The van der Waals surface area contributed by atoms with Gasteiger partial charge in [-0.25, -0.2) is 0 Å². The van der Waals surface area contributed by atoms with E-state index in [9.17, 15) is 14.9 Å². The first-order valence-corrected chi connectivity index (χ1v) is 7.84. The molecule has 0 radical (unpaired) electrons. The Labute approximate surface area is 136 Å². The zero-order chi connectivity index (χ0) is 16.8. The standard InChI is InChI=1S/C16H24N4O3/c1-17(2)16(21)13-19-9-3-8-18(10-11-19)12-14-4-6-15(7-5-14)20(22)23/h4-7H,3,8-13H2,1-2H3. The lowest BCUT2D eigenvalue weighted by atomic mass is 10.2. The summed E-state index contributed by atoms with van der Waals surface area (Å²) in [5, 5.41) is 10.7. The van der Waals surface area contributed by atoms with Gasteiger partial charge in [-0.2, -0.15) is 0 Å². The van der Waals surface area contributed by atoms with E-state index in [0.717, 1.165) is 44.7 Å². The minimum absolute atomic E-state index is 0.123. The molecular weight excluding hydrogens is 296 g/mol. The van der Waals surface area contributed by atoms with Gasteiger partial charge in [-0.1, -0.05) is 12.1 Å². The Morgan fingerprint density at radius 3 is 2.35 bits per heavy atom. The molecule has 7 nitrogen and oxygen atoms in total. The molecular formula is C16H24N4O3. The van der Waals surface area contributed by atoms with E-state index in [-0.39, 0.29) is 16.5 Å². The third-order valence-corrected chi connectivity index (χ3v) is 4.09. The van der Waals surface area contributed by atoms with E-state index in [1.54, 1.807) is 31.1 Å². The smallest absolute Gasteiger partial charge is 0.269 e. The maximum absolute atomic E-state index is 11.8. The van der Waals surface area contributed by atoms with Gasteiger partial charge in [-0.3, -0.25) is 24.7 Å². The summed E-state index contributed by atoms with van der Waals surface area (Å²) in [7, 11) is 3.56. The Bertz CT molecular complexity index is 545. The second-order valence-electron chi connectivity index (χ2n) is 6.12. The molecule has 0 aromatic heterocycles. The number of nitro groups is 1. The fourth-order valence-electron chi connectivity index (χ4n) is 2.65. The topological polar surface area (TPSA) is 69.9 Å². The maximum Gasteiger partial charge on any atom is 0.269 e. The Morgan fingerprint density at radius 1 is 1.13 bits per heavy atom. The highest BCUT2D eigenvalue weighted by Crippen LogP contribution is 2.14. The van der Waals surface area contributed by atoms with Crippen LogP contribution >= 0.6 is 0 Å². The van der Waals surface area contributed by atoms with E-state index in [0.29, 0.717) is 6.54 Å². The normalized spacial score (nSPS) is 16.8. The Hall–Kier alpha value is -1.99. The number of likely N-dealkylation sites (N-methyl/N-ethyl adjacent to an activating group) is 1. The summed E-state index contributed by atoms with van der Waals surface area (Å²) in [6.45, 7) is 4.93. The van der Waals surface area contributed by atoms with E-state index in [4.69, 9.17) is 0 Å². The Morgan fingerprint density at radius 2 is 1.74 bits per heavy atom. The van der Waals surface area contributed by atoms with Crippen molar-refractivity contribution < 1.29 is 9.72 Å². The average molecular weight is 320 g/mol. The van der Waals surface area contributed by atoms with E-state index in [1.165, 1.54) is 0 Å². The van der Waals surface area contributed by atoms with Gasteiger partial charge in [-0.05, 0) is 25.1 Å². The quantitative estimate of drug-likeness (QED) is 0.602. The van der Waals surface area contributed by atoms with Gasteiger partial charge >= 0.3 is 0 Å². The minimum Gasteiger partial charge on any atom is -0.348 e. The molecule has 1 amide bonds. The van der Waals surface area contributed by atoms with Crippen LogP contribution in [0.5, 0.6) is 0 Å². The first kappa shape index (κ1) is 17.4. The number of carbonyl (C=O) groups is 1. The fourth-order valence-corrected chi connectivity index (χ4v) is 2.65. The third-order valence-electron chi connectivity index (χ3n) is 4.09. The van der Waals surface area contributed by atoms with Crippen molar-refractivity contribution in [3.05, 3.63) is 39.9 Å². The molecule has 1 aliphatic heterocycles. The molecule has 1 saturated heterocycles. The Kier molecular flexibility index (Phi) is 6.06. The van der Waals surface area contributed by atoms with Crippen LogP contribution < -0.4 is 0 Å². The number of rotatable bonds is 5. The van der Waals surface area contributed by atoms with Crippen molar-refractivity contribution in [3.8, 4) is 0 Å². The first-order chi connectivity index (χ1) is 11.0. The van der Waals surface area contributed by atoms with Gasteiger partial charge in [0.25, 0.3) is 5.69 Å². The number of hydrogen-bond donors (Lipinski definition) is 0. The molecule has 0 bridgehead atoms. The van der Waals surface area contributed by atoms with Crippen molar-refractivity contribution in [1.29, 1.82) is 0 Å². The third kappa shape index (κ3) is 5.30. The van der Waals surface area contributed by atoms with Crippen LogP contribution in [0.1, 0.15) is 12.0 Å². The largest absolute Gasteiger partial charge is 0.348 e. The molecule has 0 N–H and O–H groups in total. The summed E-state index contributed by atoms with van der Waals surface area (Å²) in [5.41, 5.74) is 1.20. The Balaban J connectivity index is 1.85. The average Bonchev–Trinajstić information content (AvgIpc) is 2.73. The van der Waals surface area contributed by atoms with Gasteiger partial charge < -0.3 is 4.90 Å². The number of non-ortho nitro benzene ring substituents is 1. The molecule has 1 fully saturated rings. The van der Waals surface area contributed by atoms with Crippen LogP contribution in [0.25, 0.3) is 0 Å². The predicted octanol–water partition coefficient (Wildman–Crippen LogP) is 1.19. The van der Waals surface area contributed by atoms with Gasteiger partial charge in [0.15, 0.2) is 0 Å². The van der Waals surface area contributed by atoms with Gasteiger partial charge in [0.1, 0.15) is 0 Å². The molecule has 1 aliphatic rings. The van der Waals surface area contributed by atoms with Crippen LogP contribution in [0.3, 0.4) is 0 Å². The summed E-state index contributed by atoms with van der Waals surface area (Å²) >= 11 is 0. The van der Waals surface area contributed by atoms with E-state index in [1.807, 2.05) is 12.1 Å². The van der Waals surface area contributed by atoms with Crippen LogP contribution in [0.4, 0.5) is 5.69 Å². The number of nitrogens with zero attached hydrogens (tertiary/aromatic N) is 4. The second-order valence-corrected chi connectivity index (χ2v) is 6.12. The summed E-state index contributed by atoms with van der Waals surface area (Å²) in [6.07, 6.45) is 1.02. The van der Waals surface area contributed by atoms with Crippen LogP contribution in [-0.2, 0) is 11.3 Å². The molecule has 2 rings (SSSR count). The lowest BCUT2D eigenvalue weighted by Crippen LogP contribution is -2.38. The molecule has 7 heteroatoms. The number of carbonyl (C=O) groups excluding carboxylic acids is 1. The zero-order valence-corrected chi connectivity index (χ0v) is 13.8. The lowest BCUT2D eigenvalue weighted by molar-refractivity contribution is -0.384. The zero-order valence-electron chi connectivity index (χ0n) is 13.8. The highest BCUT2D eigenvalue weighted by molar-refractivity contribution is 5.77. The van der Waals surface area contributed by atoms with Gasteiger partial charge in [0, 0.05) is 45.9 Å². The van der Waals surface area contributed by atoms with Crippen molar-refractivity contribution in [3.63, 3.8) is 0 Å². The number of amides is 1. The van der Waals surface area contributed by atoms with E-state index < -0.39 is 0 Å². The van der Waals surface area contributed by atoms with Crippen LogP contribution in [0.2, 0.25) is 0 Å². The minimum atomic E-state index is -0.380. The number of hydrogen-bond acceptors (Lipinski definition) is 5. The molecule has 1 aromatic rings. The highest BCUT2D eigenvalue weighted by Gasteiger charge is 2.18. The summed E-state index contributed by atoms with van der Waals surface area (Å²) in [5.74, 6) is 0.133. The number of benzene rings is 1. The van der Waals surface area contributed by atoms with Crippen LogP contribution in [0, 0.1) is 10.1 Å². The van der Waals surface area contributed by atoms with Crippen molar-refractivity contribution in [2.45, 2.75) is 13.0 Å². The molecule has 0 saturated carbocycles. The lowest BCUT2D eigenvalue weighted by Gasteiger charge is -2.22. The van der Waals surface area contributed by atoms with Gasteiger partial charge in [0.2, 0.25) is 5.91 Å².